The predicted octanol–water partition coefficient (Wildman–Crippen LogP) is 1.97. The number of hydrogen-bond acceptors (Lipinski definition) is 4. The molecular weight excluding hydrogens is 338 g/mol. The third kappa shape index (κ3) is 3.86. The Morgan fingerprint density at radius 1 is 1.00 bits per heavy atom. The van der Waals surface area contributed by atoms with Crippen LogP contribution < -0.4 is 0 Å². The standard InChI is InChI=1S/C18H23N3O3S/c19-14-15-6-8-17(9-7-15)25(23,24)21-12-10-20(11-13-21)18(22)16-4-2-1-3-5-16/h6-9,16H,1-5,10-13H2. The summed E-state index contributed by atoms with van der Waals surface area (Å²) < 4.78 is 26.8. The lowest BCUT2D eigenvalue weighted by molar-refractivity contribution is -0.137. The van der Waals surface area contributed by atoms with E-state index in [1.54, 1.807) is 0 Å². The molecule has 25 heavy (non-hydrogen) atoms. The SMILES string of the molecule is N#Cc1ccc(S(=O)(=O)N2CCN(C(=O)C3CCCCC3)CC2)cc1. The normalized spacial score (nSPS) is 20.2. The third-order valence-electron chi connectivity index (χ3n) is 5.13. The van der Waals surface area contributed by atoms with Crippen LogP contribution in [-0.4, -0.2) is 49.7 Å². The largest absolute Gasteiger partial charge is 0.340 e. The zero-order valence-electron chi connectivity index (χ0n) is 14.2. The van der Waals surface area contributed by atoms with Crippen molar-refractivity contribution in [2.45, 2.75) is 37.0 Å². The van der Waals surface area contributed by atoms with Crippen LogP contribution in [0, 0.1) is 17.2 Å². The molecule has 6 nitrogen and oxygen atoms in total. The molecule has 0 N–H and O–H groups in total. The fourth-order valence-electron chi connectivity index (χ4n) is 3.61. The lowest BCUT2D eigenvalue weighted by Gasteiger charge is -2.36. The highest BCUT2D eigenvalue weighted by Gasteiger charge is 2.32. The Morgan fingerprint density at radius 2 is 1.60 bits per heavy atom. The number of rotatable bonds is 3. The molecule has 1 aromatic carbocycles. The first kappa shape index (κ1) is 17.9. The van der Waals surface area contributed by atoms with E-state index in [0.29, 0.717) is 31.7 Å². The van der Waals surface area contributed by atoms with E-state index in [2.05, 4.69) is 0 Å². The highest BCUT2D eigenvalue weighted by Crippen LogP contribution is 2.26. The van der Waals surface area contributed by atoms with Gasteiger partial charge in [0.15, 0.2) is 0 Å². The van der Waals surface area contributed by atoms with Crippen LogP contribution in [0.1, 0.15) is 37.7 Å². The Morgan fingerprint density at radius 3 is 2.16 bits per heavy atom. The van der Waals surface area contributed by atoms with Crippen LogP contribution in [0.4, 0.5) is 0 Å². The molecule has 0 spiro atoms. The highest BCUT2D eigenvalue weighted by atomic mass is 32.2. The lowest BCUT2D eigenvalue weighted by atomic mass is 9.88. The van der Waals surface area contributed by atoms with Crippen molar-refractivity contribution >= 4 is 15.9 Å². The van der Waals surface area contributed by atoms with Gasteiger partial charge >= 0.3 is 0 Å². The minimum atomic E-state index is -3.58. The summed E-state index contributed by atoms with van der Waals surface area (Å²) in [6, 6.07) is 7.93. The number of nitrogens with zero attached hydrogens (tertiary/aromatic N) is 3. The minimum Gasteiger partial charge on any atom is -0.340 e. The van der Waals surface area contributed by atoms with Crippen molar-refractivity contribution in [3.8, 4) is 6.07 Å². The van der Waals surface area contributed by atoms with Crippen molar-refractivity contribution in [1.82, 2.24) is 9.21 Å². The third-order valence-corrected chi connectivity index (χ3v) is 7.04. The van der Waals surface area contributed by atoms with E-state index >= 15 is 0 Å². The van der Waals surface area contributed by atoms with Gasteiger partial charge in [0, 0.05) is 32.1 Å². The monoisotopic (exact) mass is 361 g/mol. The minimum absolute atomic E-state index is 0.121. The van der Waals surface area contributed by atoms with Gasteiger partial charge in [-0.15, -0.1) is 0 Å². The van der Waals surface area contributed by atoms with E-state index in [1.165, 1.54) is 35.0 Å². The first-order chi connectivity index (χ1) is 12.0. The van der Waals surface area contributed by atoms with Gasteiger partial charge < -0.3 is 4.90 Å². The topological polar surface area (TPSA) is 81.5 Å². The Hall–Kier alpha value is -1.91. The molecule has 2 aliphatic rings. The summed E-state index contributed by atoms with van der Waals surface area (Å²) in [6.45, 7) is 1.54. The summed E-state index contributed by atoms with van der Waals surface area (Å²) in [6.07, 6.45) is 5.36. The van der Waals surface area contributed by atoms with Gasteiger partial charge in [-0.3, -0.25) is 4.79 Å². The maximum Gasteiger partial charge on any atom is 0.243 e. The molecule has 0 atom stereocenters. The van der Waals surface area contributed by atoms with Crippen LogP contribution in [0.2, 0.25) is 0 Å². The van der Waals surface area contributed by atoms with Gasteiger partial charge in [-0.2, -0.15) is 9.57 Å². The second-order valence-corrected chi connectivity index (χ2v) is 8.64. The number of nitriles is 1. The fourth-order valence-corrected chi connectivity index (χ4v) is 5.03. The van der Waals surface area contributed by atoms with E-state index in [-0.39, 0.29) is 16.7 Å². The van der Waals surface area contributed by atoms with E-state index in [4.69, 9.17) is 5.26 Å². The van der Waals surface area contributed by atoms with Crippen molar-refractivity contribution in [2.75, 3.05) is 26.2 Å². The molecule has 3 rings (SSSR count). The zero-order chi connectivity index (χ0) is 17.9. The second-order valence-electron chi connectivity index (χ2n) is 6.70. The number of hydrogen-bond donors (Lipinski definition) is 0. The Bertz CT molecular complexity index is 754. The van der Waals surface area contributed by atoms with Crippen molar-refractivity contribution < 1.29 is 13.2 Å². The number of carbonyl (C=O) groups is 1. The molecule has 1 heterocycles. The van der Waals surface area contributed by atoms with Gasteiger partial charge in [0.05, 0.1) is 16.5 Å². The molecule has 0 bridgehead atoms. The summed E-state index contributed by atoms with van der Waals surface area (Å²) in [5.74, 6) is 0.311. The molecule has 0 radical (unpaired) electrons. The zero-order valence-corrected chi connectivity index (χ0v) is 15.0. The van der Waals surface area contributed by atoms with E-state index in [1.807, 2.05) is 11.0 Å². The molecule has 1 saturated heterocycles. The summed E-state index contributed by atoms with van der Waals surface area (Å²) in [7, 11) is -3.58. The molecule has 7 heteroatoms. The van der Waals surface area contributed by atoms with E-state index < -0.39 is 10.0 Å². The second kappa shape index (κ2) is 7.54. The van der Waals surface area contributed by atoms with Crippen LogP contribution in [0.25, 0.3) is 0 Å². The van der Waals surface area contributed by atoms with Crippen LogP contribution in [0.3, 0.4) is 0 Å². The van der Waals surface area contributed by atoms with Gasteiger partial charge in [0.1, 0.15) is 0 Å². The van der Waals surface area contributed by atoms with Gasteiger partial charge in [0.2, 0.25) is 15.9 Å². The Labute approximate surface area is 149 Å². The number of sulfonamides is 1. The molecular formula is C18H23N3O3S. The number of benzene rings is 1. The maximum atomic E-state index is 12.7. The summed E-state index contributed by atoms with van der Waals surface area (Å²) in [5, 5.41) is 8.82. The summed E-state index contributed by atoms with van der Waals surface area (Å²) >= 11 is 0. The first-order valence-electron chi connectivity index (χ1n) is 8.81. The summed E-state index contributed by atoms with van der Waals surface area (Å²) in [4.78, 5) is 14.6. The first-order valence-corrected chi connectivity index (χ1v) is 10.3. The predicted molar refractivity (Wildman–Crippen MR) is 93.1 cm³/mol. The van der Waals surface area contributed by atoms with Crippen molar-refractivity contribution in [3.63, 3.8) is 0 Å². The molecule has 1 aliphatic carbocycles. The molecule has 0 unspecified atom stereocenters. The molecule has 1 aliphatic heterocycles. The molecule has 1 amide bonds. The van der Waals surface area contributed by atoms with Gasteiger partial charge in [-0.1, -0.05) is 19.3 Å². The Balaban J connectivity index is 1.62. The average molecular weight is 361 g/mol. The highest BCUT2D eigenvalue weighted by molar-refractivity contribution is 7.89. The fraction of sp³-hybridized carbons (Fsp3) is 0.556. The van der Waals surface area contributed by atoms with Crippen LogP contribution in [0.15, 0.2) is 29.2 Å². The number of amides is 1. The lowest BCUT2D eigenvalue weighted by Crippen LogP contribution is -2.52. The van der Waals surface area contributed by atoms with Crippen molar-refractivity contribution in [2.24, 2.45) is 5.92 Å². The van der Waals surface area contributed by atoms with Crippen molar-refractivity contribution in [3.05, 3.63) is 29.8 Å². The molecule has 1 saturated carbocycles. The Kier molecular flexibility index (Phi) is 5.40. The van der Waals surface area contributed by atoms with E-state index in [0.717, 1.165) is 25.7 Å². The number of carbonyl (C=O) groups excluding carboxylic acids is 1. The summed E-state index contributed by atoms with van der Waals surface area (Å²) in [5.41, 5.74) is 0.432. The van der Waals surface area contributed by atoms with Crippen LogP contribution in [0.5, 0.6) is 0 Å². The average Bonchev–Trinajstić information content (AvgIpc) is 2.68. The van der Waals surface area contributed by atoms with Crippen LogP contribution >= 0.6 is 0 Å². The van der Waals surface area contributed by atoms with Gasteiger partial charge in [0.25, 0.3) is 0 Å². The van der Waals surface area contributed by atoms with E-state index in [9.17, 15) is 13.2 Å². The van der Waals surface area contributed by atoms with Gasteiger partial charge in [-0.05, 0) is 37.1 Å². The van der Waals surface area contributed by atoms with Crippen LogP contribution in [-0.2, 0) is 14.8 Å². The molecule has 0 aromatic heterocycles. The maximum absolute atomic E-state index is 12.7. The smallest absolute Gasteiger partial charge is 0.243 e. The molecule has 134 valence electrons. The van der Waals surface area contributed by atoms with Crippen molar-refractivity contribution in [1.29, 1.82) is 5.26 Å². The molecule has 2 fully saturated rings. The van der Waals surface area contributed by atoms with Gasteiger partial charge in [-0.25, -0.2) is 8.42 Å². The quantitative estimate of drug-likeness (QED) is 0.824. The molecule has 1 aromatic rings. The number of piperazine rings is 1.